The molecule has 2 aromatic carbocycles. The number of aryl methyl sites for hydroxylation is 1. The first-order valence-corrected chi connectivity index (χ1v) is 14.2. The van der Waals surface area contributed by atoms with Crippen molar-refractivity contribution in [2.75, 3.05) is 16.4 Å². The van der Waals surface area contributed by atoms with Crippen molar-refractivity contribution < 1.29 is 9.59 Å². The number of nitrogen functional groups attached to an aromatic ring is 1. The van der Waals surface area contributed by atoms with Gasteiger partial charge < -0.3 is 16.4 Å². The molecule has 0 aliphatic heterocycles. The van der Waals surface area contributed by atoms with Gasteiger partial charge in [-0.1, -0.05) is 71.1 Å². The number of benzene rings is 2. The molecule has 5 rings (SSSR count). The molecule has 1 aliphatic carbocycles. The van der Waals surface area contributed by atoms with Crippen molar-refractivity contribution >= 4 is 50.4 Å². The number of amides is 2. The topological polar surface area (TPSA) is 136 Å². The zero-order valence-electron chi connectivity index (χ0n) is 21.0. The molecular formula is C27H29N7O2S2. The van der Waals surface area contributed by atoms with Crippen molar-refractivity contribution in [1.29, 1.82) is 0 Å². The van der Waals surface area contributed by atoms with Crippen LogP contribution in [0, 0.1) is 6.92 Å². The van der Waals surface area contributed by atoms with Crippen LogP contribution in [0.15, 0.2) is 48.5 Å². The van der Waals surface area contributed by atoms with E-state index in [-0.39, 0.29) is 30.1 Å². The van der Waals surface area contributed by atoms with Gasteiger partial charge in [0, 0.05) is 17.5 Å². The van der Waals surface area contributed by atoms with Gasteiger partial charge in [0.05, 0.1) is 12.8 Å². The molecule has 0 radical (unpaired) electrons. The molecule has 38 heavy (non-hydrogen) atoms. The van der Waals surface area contributed by atoms with Crippen molar-refractivity contribution in [2.24, 2.45) is 0 Å². The zero-order chi connectivity index (χ0) is 26.5. The lowest BCUT2D eigenvalue weighted by atomic mass is 9.82. The van der Waals surface area contributed by atoms with Gasteiger partial charge in [-0.15, -0.1) is 20.4 Å². The Hall–Kier alpha value is -3.70. The van der Waals surface area contributed by atoms with Gasteiger partial charge in [0.15, 0.2) is 0 Å². The second kappa shape index (κ2) is 11.8. The average Bonchev–Trinajstić information content (AvgIpc) is 3.54. The van der Waals surface area contributed by atoms with Gasteiger partial charge in [-0.2, -0.15) is 0 Å². The highest BCUT2D eigenvalue weighted by Gasteiger charge is 2.29. The minimum Gasteiger partial charge on any atom is -0.399 e. The van der Waals surface area contributed by atoms with E-state index < -0.39 is 0 Å². The minimum absolute atomic E-state index is 0.0982. The lowest BCUT2D eigenvalue weighted by Gasteiger charge is -2.25. The van der Waals surface area contributed by atoms with Crippen LogP contribution in [0.1, 0.15) is 64.2 Å². The number of aromatic nitrogens is 4. The molecule has 2 amide bonds. The summed E-state index contributed by atoms with van der Waals surface area (Å²) in [5.74, 6) is 0.248. The van der Waals surface area contributed by atoms with Gasteiger partial charge in [0.1, 0.15) is 10.0 Å². The van der Waals surface area contributed by atoms with Gasteiger partial charge in [0.25, 0.3) is 0 Å². The predicted octanol–water partition coefficient (Wildman–Crippen LogP) is 5.08. The number of hydrogen-bond acceptors (Lipinski definition) is 9. The average molecular weight is 548 g/mol. The number of carbonyl (C=O) groups excluding carboxylic acids is 2. The molecule has 1 saturated carbocycles. The van der Waals surface area contributed by atoms with E-state index in [0.29, 0.717) is 22.4 Å². The molecule has 4 N–H and O–H groups in total. The maximum atomic E-state index is 12.5. The first-order valence-electron chi connectivity index (χ1n) is 12.6. The first-order chi connectivity index (χ1) is 18.4. The lowest BCUT2D eigenvalue weighted by Crippen LogP contribution is -2.14. The van der Waals surface area contributed by atoms with Crippen LogP contribution in [0.5, 0.6) is 0 Å². The summed E-state index contributed by atoms with van der Waals surface area (Å²) in [6.07, 6.45) is 4.49. The Morgan fingerprint density at radius 3 is 1.95 bits per heavy atom. The largest absolute Gasteiger partial charge is 0.399 e. The fourth-order valence-electron chi connectivity index (χ4n) is 4.76. The summed E-state index contributed by atoms with van der Waals surface area (Å²) in [5.41, 5.74) is 9.39. The summed E-state index contributed by atoms with van der Waals surface area (Å²) in [5, 5.41) is 25.8. The third-order valence-corrected chi connectivity index (χ3v) is 8.51. The summed E-state index contributed by atoms with van der Waals surface area (Å²) in [4.78, 5) is 24.9. The molecule has 0 spiro atoms. The maximum absolute atomic E-state index is 12.5. The maximum Gasteiger partial charge on any atom is 0.230 e. The molecule has 0 saturated heterocycles. The third-order valence-electron chi connectivity index (χ3n) is 6.51. The van der Waals surface area contributed by atoms with E-state index in [1.54, 1.807) is 12.1 Å². The van der Waals surface area contributed by atoms with Crippen molar-refractivity contribution in [1.82, 2.24) is 20.4 Å². The van der Waals surface area contributed by atoms with E-state index in [2.05, 4.69) is 31.0 Å². The van der Waals surface area contributed by atoms with E-state index in [0.717, 1.165) is 52.4 Å². The Morgan fingerprint density at radius 2 is 1.39 bits per heavy atom. The van der Waals surface area contributed by atoms with Crippen molar-refractivity contribution in [3.8, 4) is 0 Å². The standard InChI is InChI=1S/C27H29N7O2S2/c1-16-5-2-6-17(11-16)13-22(35)29-26-33-31-24(37-26)19-8-4-9-20(15-19)25-32-34-27(38-25)30-23(36)14-18-7-3-10-21(28)12-18/h2-3,5-7,10-12,19-20H,4,8-9,13-15,28H2,1H3,(H,29,33,35)(H,30,34,36)/t19-,20-/m1/s1. The lowest BCUT2D eigenvalue weighted by molar-refractivity contribution is -0.116. The van der Waals surface area contributed by atoms with Crippen LogP contribution in [0.4, 0.5) is 16.0 Å². The highest BCUT2D eigenvalue weighted by molar-refractivity contribution is 7.15. The van der Waals surface area contributed by atoms with E-state index in [4.69, 9.17) is 5.73 Å². The second-order valence-corrected chi connectivity index (χ2v) is 11.7. The monoisotopic (exact) mass is 547 g/mol. The quantitative estimate of drug-likeness (QED) is 0.262. The Labute approximate surface area is 228 Å². The number of hydrogen-bond donors (Lipinski definition) is 3. The summed E-state index contributed by atoms with van der Waals surface area (Å²) in [7, 11) is 0. The number of nitrogens with two attached hydrogens (primary N) is 1. The Balaban J connectivity index is 1.15. The Kier molecular flexibility index (Phi) is 8.04. The molecule has 2 aromatic heterocycles. The predicted molar refractivity (Wildman–Crippen MR) is 150 cm³/mol. The van der Waals surface area contributed by atoms with Crippen LogP contribution in [0.2, 0.25) is 0 Å². The van der Waals surface area contributed by atoms with Crippen LogP contribution in [-0.4, -0.2) is 32.2 Å². The van der Waals surface area contributed by atoms with E-state index in [9.17, 15) is 9.59 Å². The number of carbonyl (C=O) groups is 2. The van der Waals surface area contributed by atoms with Gasteiger partial charge in [-0.05, 0) is 49.4 Å². The third kappa shape index (κ3) is 6.78. The SMILES string of the molecule is Cc1cccc(CC(=O)Nc2nnc([C@@H]3CCC[C@@H](c4nnc(NC(=O)Cc5cccc(N)c5)s4)C3)s2)c1. The Bertz CT molecular complexity index is 1330. The number of anilines is 3. The van der Waals surface area contributed by atoms with Crippen LogP contribution in [0.25, 0.3) is 0 Å². The fraction of sp³-hybridized carbons (Fsp3) is 0.333. The summed E-state index contributed by atoms with van der Waals surface area (Å²) in [6.45, 7) is 2.01. The number of rotatable bonds is 8. The van der Waals surface area contributed by atoms with Crippen LogP contribution >= 0.6 is 22.7 Å². The van der Waals surface area contributed by atoms with Crippen LogP contribution < -0.4 is 16.4 Å². The van der Waals surface area contributed by atoms with Crippen LogP contribution in [-0.2, 0) is 22.4 Å². The molecule has 1 fully saturated rings. The smallest absolute Gasteiger partial charge is 0.230 e. The molecule has 1 aliphatic rings. The molecule has 4 aromatic rings. The van der Waals surface area contributed by atoms with Crippen molar-refractivity contribution in [3.05, 3.63) is 75.2 Å². The normalized spacial score (nSPS) is 17.2. The number of nitrogens with one attached hydrogen (secondary N) is 2. The molecular weight excluding hydrogens is 518 g/mol. The highest BCUT2D eigenvalue weighted by Crippen LogP contribution is 2.43. The van der Waals surface area contributed by atoms with Crippen LogP contribution in [0.3, 0.4) is 0 Å². The van der Waals surface area contributed by atoms with Gasteiger partial charge >= 0.3 is 0 Å². The molecule has 9 nitrogen and oxygen atoms in total. The van der Waals surface area contributed by atoms with Crippen molar-refractivity contribution in [2.45, 2.75) is 57.3 Å². The van der Waals surface area contributed by atoms with E-state index in [1.807, 2.05) is 43.3 Å². The summed E-state index contributed by atoms with van der Waals surface area (Å²) >= 11 is 2.87. The molecule has 0 unspecified atom stereocenters. The van der Waals surface area contributed by atoms with Gasteiger partial charge in [-0.25, -0.2) is 0 Å². The summed E-state index contributed by atoms with van der Waals surface area (Å²) < 4.78 is 0. The van der Waals surface area contributed by atoms with Gasteiger partial charge in [-0.3, -0.25) is 9.59 Å². The molecule has 2 heterocycles. The molecule has 0 bridgehead atoms. The van der Waals surface area contributed by atoms with E-state index >= 15 is 0 Å². The number of nitrogens with zero attached hydrogens (tertiary/aromatic N) is 4. The van der Waals surface area contributed by atoms with Gasteiger partial charge in [0.2, 0.25) is 22.1 Å². The second-order valence-electron chi connectivity index (χ2n) is 9.64. The Morgan fingerprint density at radius 1 is 0.842 bits per heavy atom. The fourth-order valence-corrected chi connectivity index (χ4v) is 6.58. The first kappa shape index (κ1) is 25.9. The molecule has 11 heteroatoms. The van der Waals surface area contributed by atoms with Crippen molar-refractivity contribution in [3.63, 3.8) is 0 Å². The summed E-state index contributed by atoms with van der Waals surface area (Å²) in [6, 6.07) is 15.2. The highest BCUT2D eigenvalue weighted by atomic mass is 32.1. The zero-order valence-corrected chi connectivity index (χ0v) is 22.6. The minimum atomic E-state index is -0.148. The van der Waals surface area contributed by atoms with E-state index in [1.165, 1.54) is 22.7 Å². The molecule has 2 atom stereocenters. The molecule has 196 valence electrons.